The number of rotatable bonds is 2. The molecule has 5 heteroatoms. The van der Waals surface area contributed by atoms with Crippen molar-refractivity contribution in [2.75, 3.05) is 5.75 Å². The Morgan fingerprint density at radius 1 is 1.44 bits per heavy atom. The van der Waals surface area contributed by atoms with E-state index in [1.165, 1.54) is 18.6 Å². The van der Waals surface area contributed by atoms with E-state index in [1.54, 1.807) is 0 Å². The van der Waals surface area contributed by atoms with Crippen molar-refractivity contribution < 1.29 is 0 Å². The van der Waals surface area contributed by atoms with Crippen molar-refractivity contribution >= 4 is 39.3 Å². The predicted molar refractivity (Wildman–Crippen MR) is 73.3 cm³/mol. The van der Waals surface area contributed by atoms with E-state index in [9.17, 15) is 0 Å². The number of hydrogen-bond donors (Lipinski definition) is 0. The first kappa shape index (κ1) is 12.7. The summed E-state index contributed by atoms with van der Waals surface area (Å²) in [6.07, 6.45) is 2.42. The van der Waals surface area contributed by atoms with Crippen LogP contribution >= 0.6 is 39.3 Å². The van der Waals surface area contributed by atoms with Crippen LogP contribution in [0, 0.1) is 0 Å². The topological polar surface area (TPSA) is 25.8 Å². The number of halogens is 2. The molecule has 0 aromatic carbocycles. The Labute approximate surface area is 114 Å². The van der Waals surface area contributed by atoms with Gasteiger partial charge >= 0.3 is 0 Å². The minimum Gasteiger partial charge on any atom is -0.235 e. The largest absolute Gasteiger partial charge is 0.235 e. The van der Waals surface area contributed by atoms with Crippen molar-refractivity contribution in [1.82, 2.24) is 9.97 Å². The van der Waals surface area contributed by atoms with Crippen molar-refractivity contribution in [3.05, 3.63) is 21.1 Å². The lowest BCUT2D eigenvalue weighted by atomic mass is 10.1. The van der Waals surface area contributed by atoms with Crippen LogP contribution in [-0.2, 0) is 0 Å². The van der Waals surface area contributed by atoms with Gasteiger partial charge in [-0.05, 0) is 40.4 Å². The zero-order valence-electron chi connectivity index (χ0n) is 9.33. The highest BCUT2D eigenvalue weighted by molar-refractivity contribution is 9.10. The first-order valence-electron chi connectivity index (χ1n) is 5.44. The molecular formula is C11H14BrClN2S. The Morgan fingerprint density at radius 2 is 2.19 bits per heavy atom. The Hall–Kier alpha value is 0.200. The molecule has 1 fully saturated rings. The summed E-state index contributed by atoms with van der Waals surface area (Å²) < 4.78 is 0.843. The zero-order valence-corrected chi connectivity index (χ0v) is 12.5. The number of nitrogens with zero attached hydrogens (tertiary/aromatic N) is 2. The van der Waals surface area contributed by atoms with Crippen LogP contribution < -0.4 is 0 Å². The summed E-state index contributed by atoms with van der Waals surface area (Å²) in [7, 11) is 0. The highest BCUT2D eigenvalue weighted by atomic mass is 79.9. The first-order chi connectivity index (χ1) is 7.59. The molecule has 1 aromatic rings. The van der Waals surface area contributed by atoms with E-state index in [1.807, 2.05) is 11.8 Å². The minimum absolute atomic E-state index is 0.361. The lowest BCUT2D eigenvalue weighted by Crippen LogP contribution is -2.05. The van der Waals surface area contributed by atoms with Gasteiger partial charge in [0.2, 0.25) is 0 Å². The second-order valence-electron chi connectivity index (χ2n) is 4.23. The van der Waals surface area contributed by atoms with Gasteiger partial charge in [0.25, 0.3) is 0 Å². The summed E-state index contributed by atoms with van der Waals surface area (Å²) in [6, 6.07) is 0. The molecule has 0 spiro atoms. The number of thioether (sulfide) groups is 1. The van der Waals surface area contributed by atoms with Crippen molar-refractivity contribution in [2.24, 2.45) is 0 Å². The monoisotopic (exact) mass is 320 g/mol. The molecule has 2 rings (SSSR count). The summed E-state index contributed by atoms with van der Waals surface area (Å²) in [5.41, 5.74) is 1.02. The van der Waals surface area contributed by atoms with Crippen LogP contribution in [0.5, 0.6) is 0 Å². The molecule has 0 amide bonds. The average Bonchev–Trinajstić information content (AvgIpc) is 2.74. The lowest BCUT2D eigenvalue weighted by Gasteiger charge is -2.13. The van der Waals surface area contributed by atoms with Crippen LogP contribution in [0.1, 0.15) is 49.4 Å². The molecule has 0 radical (unpaired) electrons. The number of hydrogen-bond acceptors (Lipinski definition) is 3. The van der Waals surface area contributed by atoms with E-state index in [4.69, 9.17) is 11.6 Å². The van der Waals surface area contributed by atoms with E-state index < -0.39 is 0 Å². The molecule has 1 aliphatic heterocycles. The lowest BCUT2D eigenvalue weighted by molar-refractivity contribution is 0.735. The second-order valence-corrected chi connectivity index (χ2v) is 6.69. The van der Waals surface area contributed by atoms with E-state index in [2.05, 4.69) is 39.7 Å². The third-order valence-corrected chi connectivity index (χ3v) is 5.28. The highest BCUT2D eigenvalue weighted by Gasteiger charge is 2.23. The standard InChI is InChI=1S/C11H14BrClN2S/c1-6(2)9-8(12)10(13)15-11(14-9)7-4-3-5-16-7/h6-7H,3-5H2,1-2H3. The summed E-state index contributed by atoms with van der Waals surface area (Å²) in [5, 5.41) is 0.976. The Bertz CT molecular complexity index is 392. The van der Waals surface area contributed by atoms with Crippen molar-refractivity contribution in [1.29, 1.82) is 0 Å². The fourth-order valence-corrected chi connectivity index (χ4v) is 3.78. The summed E-state index contributed by atoms with van der Waals surface area (Å²) in [4.78, 5) is 9.04. The molecule has 0 saturated carbocycles. The van der Waals surface area contributed by atoms with Gasteiger partial charge < -0.3 is 0 Å². The normalized spacial score (nSPS) is 20.7. The van der Waals surface area contributed by atoms with Gasteiger partial charge in [-0.25, -0.2) is 9.97 Å². The first-order valence-corrected chi connectivity index (χ1v) is 7.66. The number of aromatic nitrogens is 2. The molecule has 1 aliphatic rings. The maximum Gasteiger partial charge on any atom is 0.147 e. The smallest absolute Gasteiger partial charge is 0.147 e. The van der Waals surface area contributed by atoms with E-state index in [0.717, 1.165) is 16.0 Å². The Balaban J connectivity index is 2.39. The molecule has 88 valence electrons. The molecule has 0 aliphatic carbocycles. The van der Waals surface area contributed by atoms with Gasteiger partial charge in [-0.1, -0.05) is 25.4 Å². The van der Waals surface area contributed by atoms with Crippen LogP contribution in [0.3, 0.4) is 0 Å². The quantitative estimate of drug-likeness (QED) is 0.745. The third-order valence-electron chi connectivity index (χ3n) is 2.62. The third kappa shape index (κ3) is 2.54. The van der Waals surface area contributed by atoms with Crippen molar-refractivity contribution in [2.45, 2.75) is 37.9 Å². The molecular weight excluding hydrogens is 308 g/mol. The van der Waals surface area contributed by atoms with Crippen LogP contribution in [0.25, 0.3) is 0 Å². The predicted octanol–water partition coefficient (Wildman–Crippen LogP) is 4.58. The van der Waals surface area contributed by atoms with E-state index in [0.29, 0.717) is 16.3 Å². The SMILES string of the molecule is CC(C)c1nc(C2CCCS2)nc(Cl)c1Br. The molecule has 0 N–H and O–H groups in total. The fourth-order valence-electron chi connectivity index (χ4n) is 1.76. The second kappa shape index (κ2) is 5.23. The minimum atomic E-state index is 0.361. The van der Waals surface area contributed by atoms with Crippen molar-refractivity contribution in [3.8, 4) is 0 Å². The van der Waals surface area contributed by atoms with Gasteiger partial charge in [-0.15, -0.1) is 0 Å². The van der Waals surface area contributed by atoms with Gasteiger partial charge in [-0.3, -0.25) is 0 Å². The van der Waals surface area contributed by atoms with Crippen LogP contribution in [-0.4, -0.2) is 15.7 Å². The fraction of sp³-hybridized carbons (Fsp3) is 0.636. The van der Waals surface area contributed by atoms with Gasteiger partial charge in [0, 0.05) is 0 Å². The van der Waals surface area contributed by atoms with E-state index in [-0.39, 0.29) is 0 Å². The van der Waals surface area contributed by atoms with Crippen LogP contribution in [0.4, 0.5) is 0 Å². The molecule has 0 bridgehead atoms. The van der Waals surface area contributed by atoms with Gasteiger partial charge in [0.15, 0.2) is 0 Å². The van der Waals surface area contributed by atoms with Crippen molar-refractivity contribution in [3.63, 3.8) is 0 Å². The van der Waals surface area contributed by atoms with Crippen LogP contribution in [0.15, 0.2) is 4.47 Å². The molecule has 1 unspecified atom stereocenters. The van der Waals surface area contributed by atoms with Gasteiger partial charge in [0.1, 0.15) is 11.0 Å². The molecule has 1 atom stereocenters. The van der Waals surface area contributed by atoms with Gasteiger partial charge in [0.05, 0.1) is 15.4 Å². The molecule has 2 heterocycles. The zero-order chi connectivity index (χ0) is 11.7. The molecule has 2 nitrogen and oxygen atoms in total. The average molecular weight is 322 g/mol. The van der Waals surface area contributed by atoms with Gasteiger partial charge in [-0.2, -0.15) is 11.8 Å². The molecule has 1 saturated heterocycles. The molecule has 1 aromatic heterocycles. The maximum atomic E-state index is 6.13. The van der Waals surface area contributed by atoms with E-state index >= 15 is 0 Å². The maximum absolute atomic E-state index is 6.13. The Kier molecular flexibility index (Phi) is 4.14. The van der Waals surface area contributed by atoms with Crippen LogP contribution in [0.2, 0.25) is 5.15 Å². The highest BCUT2D eigenvalue weighted by Crippen LogP contribution is 2.40. The summed E-state index contributed by atoms with van der Waals surface area (Å²) in [6.45, 7) is 4.24. The summed E-state index contributed by atoms with van der Waals surface area (Å²) in [5.74, 6) is 2.47. The summed E-state index contributed by atoms with van der Waals surface area (Å²) >= 11 is 11.5. The molecule has 16 heavy (non-hydrogen) atoms. The Morgan fingerprint density at radius 3 is 2.75 bits per heavy atom.